The van der Waals surface area contributed by atoms with E-state index in [9.17, 15) is 4.79 Å². The minimum Gasteiger partial charge on any atom is -0.354 e. The van der Waals surface area contributed by atoms with E-state index in [-0.39, 0.29) is 5.91 Å². The fourth-order valence-corrected chi connectivity index (χ4v) is 0.771. The first-order valence-electron chi connectivity index (χ1n) is 2.88. The van der Waals surface area contributed by atoms with Gasteiger partial charge in [0.1, 0.15) is 6.54 Å². The lowest BCUT2D eigenvalue weighted by Crippen LogP contribution is -2.46. The van der Waals surface area contributed by atoms with Gasteiger partial charge in [0.2, 0.25) is 5.91 Å². The number of hydroxylamine groups is 2. The molecule has 4 heteroatoms. The predicted molar refractivity (Wildman–Crippen MR) is 31.6 cm³/mol. The average molecular weight is 130 g/mol. The number of amides is 1. The van der Waals surface area contributed by atoms with Crippen molar-refractivity contribution in [2.24, 2.45) is 0 Å². The largest absolute Gasteiger partial charge is 0.354 e. The van der Waals surface area contributed by atoms with Crippen LogP contribution in [0.5, 0.6) is 0 Å². The fourth-order valence-electron chi connectivity index (χ4n) is 0.771. The maximum atomic E-state index is 10.6. The molecule has 0 aromatic heterocycles. The molecule has 52 valence electrons. The van der Waals surface area contributed by atoms with Crippen molar-refractivity contribution in [3.63, 3.8) is 0 Å². The first-order valence-corrected chi connectivity index (χ1v) is 2.88. The van der Waals surface area contributed by atoms with Gasteiger partial charge in [-0.1, -0.05) is 0 Å². The first kappa shape index (κ1) is 6.51. The van der Waals surface area contributed by atoms with Crippen molar-refractivity contribution in [3.05, 3.63) is 0 Å². The van der Waals surface area contributed by atoms with E-state index in [1.54, 1.807) is 12.2 Å². The zero-order valence-corrected chi connectivity index (χ0v) is 5.39. The number of carbonyl (C=O) groups excluding carboxylic acids is 1. The summed E-state index contributed by atoms with van der Waals surface area (Å²) in [4.78, 5) is 15.4. The van der Waals surface area contributed by atoms with Crippen LogP contribution in [-0.4, -0.2) is 37.7 Å². The van der Waals surface area contributed by atoms with E-state index < -0.39 is 0 Å². The number of carbonyl (C=O) groups is 1. The highest BCUT2D eigenvalue weighted by Crippen LogP contribution is 1.90. The van der Waals surface area contributed by atoms with Crippen molar-refractivity contribution < 1.29 is 9.63 Å². The SMILES string of the molecule is CON1CCNC(=O)C1. The number of hydrogen-bond acceptors (Lipinski definition) is 3. The Hall–Kier alpha value is -0.610. The van der Waals surface area contributed by atoms with E-state index in [0.717, 1.165) is 6.54 Å². The van der Waals surface area contributed by atoms with Crippen molar-refractivity contribution in [2.75, 3.05) is 26.7 Å². The van der Waals surface area contributed by atoms with Crippen LogP contribution in [-0.2, 0) is 9.63 Å². The highest BCUT2D eigenvalue weighted by Gasteiger charge is 2.14. The van der Waals surface area contributed by atoms with Gasteiger partial charge in [0.15, 0.2) is 0 Å². The molecule has 0 aromatic rings. The number of nitrogens with one attached hydrogen (secondary N) is 1. The van der Waals surface area contributed by atoms with Crippen LogP contribution in [0.3, 0.4) is 0 Å². The van der Waals surface area contributed by atoms with Gasteiger partial charge >= 0.3 is 0 Å². The topological polar surface area (TPSA) is 41.6 Å². The van der Waals surface area contributed by atoms with Gasteiger partial charge < -0.3 is 10.2 Å². The average Bonchev–Trinajstić information content (AvgIpc) is 1.88. The summed E-state index contributed by atoms with van der Waals surface area (Å²) < 4.78 is 0. The van der Waals surface area contributed by atoms with E-state index in [4.69, 9.17) is 4.84 Å². The molecule has 1 heterocycles. The van der Waals surface area contributed by atoms with Crippen LogP contribution in [0.2, 0.25) is 0 Å². The Labute approximate surface area is 53.7 Å². The molecule has 1 aliphatic rings. The Balaban J connectivity index is 2.32. The van der Waals surface area contributed by atoms with Crippen LogP contribution in [0.25, 0.3) is 0 Å². The molecule has 4 nitrogen and oxygen atoms in total. The lowest BCUT2D eigenvalue weighted by Gasteiger charge is -2.23. The second kappa shape index (κ2) is 2.80. The summed E-state index contributed by atoms with van der Waals surface area (Å²) in [5.74, 6) is 0.0306. The molecule has 1 amide bonds. The summed E-state index contributed by atoms with van der Waals surface area (Å²) in [5, 5.41) is 4.31. The molecule has 9 heavy (non-hydrogen) atoms. The Morgan fingerprint density at radius 2 is 2.56 bits per heavy atom. The number of rotatable bonds is 1. The molecular formula is C5H10N2O2. The first-order chi connectivity index (χ1) is 4.33. The summed E-state index contributed by atoms with van der Waals surface area (Å²) in [6.45, 7) is 1.82. The molecule has 0 radical (unpaired) electrons. The van der Waals surface area contributed by atoms with Crippen LogP contribution in [0.4, 0.5) is 0 Å². The van der Waals surface area contributed by atoms with E-state index in [1.165, 1.54) is 0 Å². The lowest BCUT2D eigenvalue weighted by molar-refractivity contribution is -0.158. The molecule has 1 fully saturated rings. The molecule has 0 aromatic carbocycles. The number of nitrogens with zero attached hydrogens (tertiary/aromatic N) is 1. The minimum atomic E-state index is 0.0306. The zero-order valence-electron chi connectivity index (χ0n) is 5.39. The standard InChI is InChI=1S/C5H10N2O2/c1-9-7-3-2-6-5(8)4-7/h2-4H2,1H3,(H,6,8). The third-order valence-electron chi connectivity index (χ3n) is 1.26. The molecule has 1 rings (SSSR count). The van der Waals surface area contributed by atoms with Crippen molar-refractivity contribution >= 4 is 5.91 Å². The van der Waals surface area contributed by atoms with Gasteiger partial charge in [0.25, 0.3) is 0 Å². The Morgan fingerprint density at radius 1 is 1.78 bits per heavy atom. The number of piperazine rings is 1. The molecule has 0 spiro atoms. The van der Waals surface area contributed by atoms with Gasteiger partial charge in [0, 0.05) is 13.1 Å². The van der Waals surface area contributed by atoms with Gasteiger partial charge in [-0.05, 0) is 0 Å². The van der Waals surface area contributed by atoms with Crippen LogP contribution < -0.4 is 5.32 Å². The van der Waals surface area contributed by atoms with Crippen LogP contribution in [0.15, 0.2) is 0 Å². The second-order valence-electron chi connectivity index (χ2n) is 1.90. The fraction of sp³-hybridized carbons (Fsp3) is 0.800. The molecule has 0 saturated carbocycles. The van der Waals surface area contributed by atoms with Gasteiger partial charge in [0.05, 0.1) is 7.11 Å². The summed E-state index contributed by atoms with van der Waals surface area (Å²) in [7, 11) is 1.57. The maximum absolute atomic E-state index is 10.6. The molecule has 0 aliphatic carbocycles. The zero-order chi connectivity index (χ0) is 6.69. The van der Waals surface area contributed by atoms with Crippen LogP contribution in [0, 0.1) is 0 Å². The van der Waals surface area contributed by atoms with E-state index >= 15 is 0 Å². The molecular weight excluding hydrogens is 120 g/mol. The third-order valence-corrected chi connectivity index (χ3v) is 1.26. The third kappa shape index (κ3) is 1.65. The quantitative estimate of drug-likeness (QED) is 0.494. The Bertz CT molecular complexity index is 116. The minimum absolute atomic E-state index is 0.0306. The van der Waals surface area contributed by atoms with Gasteiger partial charge in [-0.3, -0.25) is 4.79 Å². The molecule has 0 unspecified atom stereocenters. The molecule has 0 bridgehead atoms. The summed E-state index contributed by atoms with van der Waals surface area (Å²) >= 11 is 0. The van der Waals surface area contributed by atoms with E-state index in [2.05, 4.69) is 5.32 Å². The number of hydrogen-bond donors (Lipinski definition) is 1. The van der Waals surface area contributed by atoms with E-state index in [1.807, 2.05) is 0 Å². The highest BCUT2D eigenvalue weighted by molar-refractivity contribution is 5.78. The normalized spacial score (nSPS) is 21.7. The summed E-state index contributed by atoms with van der Waals surface area (Å²) in [6, 6.07) is 0. The van der Waals surface area contributed by atoms with Gasteiger partial charge in [-0.15, -0.1) is 0 Å². The maximum Gasteiger partial charge on any atom is 0.236 e. The Morgan fingerprint density at radius 3 is 3.00 bits per heavy atom. The van der Waals surface area contributed by atoms with Crippen LogP contribution in [0.1, 0.15) is 0 Å². The van der Waals surface area contributed by atoms with Gasteiger partial charge in [-0.2, -0.15) is 5.06 Å². The summed E-state index contributed by atoms with van der Waals surface area (Å²) in [6.07, 6.45) is 0. The predicted octanol–water partition coefficient (Wildman–Crippen LogP) is -1.02. The van der Waals surface area contributed by atoms with Gasteiger partial charge in [-0.25, -0.2) is 0 Å². The molecule has 0 atom stereocenters. The second-order valence-corrected chi connectivity index (χ2v) is 1.90. The van der Waals surface area contributed by atoms with Crippen molar-refractivity contribution in [3.8, 4) is 0 Å². The van der Waals surface area contributed by atoms with Crippen molar-refractivity contribution in [2.45, 2.75) is 0 Å². The van der Waals surface area contributed by atoms with E-state index in [0.29, 0.717) is 13.1 Å². The smallest absolute Gasteiger partial charge is 0.236 e. The summed E-state index contributed by atoms with van der Waals surface area (Å²) in [5.41, 5.74) is 0. The van der Waals surface area contributed by atoms with Crippen molar-refractivity contribution in [1.82, 2.24) is 10.4 Å². The highest BCUT2D eigenvalue weighted by atomic mass is 16.7. The molecule has 1 aliphatic heterocycles. The van der Waals surface area contributed by atoms with Crippen LogP contribution >= 0.6 is 0 Å². The molecule has 1 saturated heterocycles. The Kier molecular flexibility index (Phi) is 2.02. The molecule has 1 N–H and O–H groups in total. The monoisotopic (exact) mass is 130 g/mol. The van der Waals surface area contributed by atoms with Crippen molar-refractivity contribution in [1.29, 1.82) is 0 Å². The lowest BCUT2D eigenvalue weighted by atomic mass is 10.4.